The summed E-state index contributed by atoms with van der Waals surface area (Å²) in [5.41, 5.74) is 6.02. The van der Waals surface area contributed by atoms with Gasteiger partial charge in [0, 0.05) is 6.20 Å². The first-order chi connectivity index (χ1) is 7.72. The Kier molecular flexibility index (Phi) is 2.59. The molecule has 1 fully saturated rings. The summed E-state index contributed by atoms with van der Waals surface area (Å²) in [5.74, 6) is -0.668. The van der Waals surface area contributed by atoms with E-state index in [2.05, 4.69) is 10.6 Å². The molecule has 0 bridgehead atoms. The number of hydrogen-bond donors (Lipinski definition) is 3. The minimum atomic E-state index is -0.655. The standard InChI is InChI=1S/C11H11N3O2/c12-6-8-10(15)14-9(11(16)13-8)7-4-2-1-3-5-7/h1-6,9H,12H2,(H,13,16)(H,14,15)/b8-6-. The molecular weight excluding hydrogens is 206 g/mol. The van der Waals surface area contributed by atoms with Crippen LogP contribution in [-0.4, -0.2) is 11.8 Å². The van der Waals surface area contributed by atoms with E-state index < -0.39 is 6.04 Å². The van der Waals surface area contributed by atoms with Gasteiger partial charge in [-0.05, 0) is 5.56 Å². The number of hydrogen-bond acceptors (Lipinski definition) is 3. The molecule has 1 unspecified atom stereocenters. The number of nitrogens with one attached hydrogen (secondary N) is 2. The highest BCUT2D eigenvalue weighted by atomic mass is 16.2. The number of nitrogens with two attached hydrogens (primary N) is 1. The normalized spacial score (nSPS) is 22.8. The van der Waals surface area contributed by atoms with E-state index in [9.17, 15) is 9.59 Å². The maximum absolute atomic E-state index is 11.7. The van der Waals surface area contributed by atoms with Gasteiger partial charge in [-0.15, -0.1) is 0 Å². The van der Waals surface area contributed by atoms with Crippen molar-refractivity contribution in [2.75, 3.05) is 0 Å². The minimum Gasteiger partial charge on any atom is -0.403 e. The van der Waals surface area contributed by atoms with Crippen LogP contribution in [0.2, 0.25) is 0 Å². The third-order valence-electron chi connectivity index (χ3n) is 2.34. The summed E-state index contributed by atoms with van der Waals surface area (Å²) in [6.45, 7) is 0. The van der Waals surface area contributed by atoms with Crippen LogP contribution in [0.1, 0.15) is 11.6 Å². The zero-order valence-electron chi connectivity index (χ0n) is 8.44. The van der Waals surface area contributed by atoms with Crippen LogP contribution in [0, 0.1) is 0 Å². The van der Waals surface area contributed by atoms with E-state index in [-0.39, 0.29) is 17.5 Å². The Morgan fingerprint density at radius 1 is 1.19 bits per heavy atom. The summed E-state index contributed by atoms with van der Waals surface area (Å²) < 4.78 is 0. The van der Waals surface area contributed by atoms with Crippen LogP contribution < -0.4 is 16.4 Å². The van der Waals surface area contributed by atoms with Gasteiger partial charge in [-0.1, -0.05) is 30.3 Å². The fourth-order valence-corrected chi connectivity index (χ4v) is 1.53. The number of rotatable bonds is 1. The van der Waals surface area contributed by atoms with Gasteiger partial charge in [0.25, 0.3) is 11.8 Å². The highest BCUT2D eigenvalue weighted by Gasteiger charge is 2.30. The first-order valence-electron chi connectivity index (χ1n) is 4.81. The molecule has 1 aromatic rings. The average Bonchev–Trinajstić information content (AvgIpc) is 2.32. The predicted octanol–water partition coefficient (Wildman–Crippen LogP) is -0.226. The second-order valence-corrected chi connectivity index (χ2v) is 3.39. The fourth-order valence-electron chi connectivity index (χ4n) is 1.53. The van der Waals surface area contributed by atoms with Gasteiger partial charge < -0.3 is 16.4 Å². The van der Waals surface area contributed by atoms with Crippen LogP contribution in [0.3, 0.4) is 0 Å². The third kappa shape index (κ3) is 1.75. The molecule has 0 aliphatic carbocycles. The smallest absolute Gasteiger partial charge is 0.270 e. The molecule has 0 radical (unpaired) electrons. The topological polar surface area (TPSA) is 84.2 Å². The molecule has 4 N–H and O–H groups in total. The Morgan fingerprint density at radius 3 is 2.50 bits per heavy atom. The molecule has 1 atom stereocenters. The van der Waals surface area contributed by atoms with E-state index in [1.54, 1.807) is 12.1 Å². The highest BCUT2D eigenvalue weighted by molar-refractivity contribution is 6.04. The molecule has 0 spiro atoms. The lowest BCUT2D eigenvalue weighted by atomic mass is 10.0. The molecular formula is C11H11N3O2. The summed E-state index contributed by atoms with van der Waals surface area (Å²) >= 11 is 0. The van der Waals surface area contributed by atoms with Crippen molar-refractivity contribution in [1.29, 1.82) is 0 Å². The zero-order valence-corrected chi connectivity index (χ0v) is 8.44. The zero-order chi connectivity index (χ0) is 11.5. The van der Waals surface area contributed by atoms with Crippen LogP contribution in [0.5, 0.6) is 0 Å². The van der Waals surface area contributed by atoms with Gasteiger partial charge in [-0.3, -0.25) is 9.59 Å². The molecule has 5 nitrogen and oxygen atoms in total. The van der Waals surface area contributed by atoms with Crippen molar-refractivity contribution in [2.45, 2.75) is 6.04 Å². The Balaban J connectivity index is 2.26. The van der Waals surface area contributed by atoms with Crippen LogP contribution in [-0.2, 0) is 9.59 Å². The second kappa shape index (κ2) is 4.06. The van der Waals surface area contributed by atoms with Crippen LogP contribution in [0.15, 0.2) is 42.2 Å². The lowest BCUT2D eigenvalue weighted by molar-refractivity contribution is -0.131. The third-order valence-corrected chi connectivity index (χ3v) is 2.34. The minimum absolute atomic E-state index is 0.0807. The monoisotopic (exact) mass is 217 g/mol. The van der Waals surface area contributed by atoms with Crippen molar-refractivity contribution in [3.63, 3.8) is 0 Å². The Morgan fingerprint density at radius 2 is 1.88 bits per heavy atom. The van der Waals surface area contributed by atoms with E-state index in [0.717, 1.165) is 11.8 Å². The van der Waals surface area contributed by atoms with Gasteiger partial charge in [0.15, 0.2) is 0 Å². The van der Waals surface area contributed by atoms with Gasteiger partial charge in [0.05, 0.1) is 0 Å². The van der Waals surface area contributed by atoms with Crippen LogP contribution in [0.4, 0.5) is 0 Å². The van der Waals surface area contributed by atoms with Gasteiger partial charge in [0.2, 0.25) is 0 Å². The van der Waals surface area contributed by atoms with Gasteiger partial charge in [-0.25, -0.2) is 0 Å². The highest BCUT2D eigenvalue weighted by Crippen LogP contribution is 2.16. The summed E-state index contributed by atoms with van der Waals surface area (Å²) in [6, 6.07) is 8.37. The Labute approximate surface area is 92.3 Å². The van der Waals surface area contributed by atoms with Crippen molar-refractivity contribution in [3.05, 3.63) is 47.8 Å². The number of carbonyl (C=O) groups is 2. The molecule has 0 saturated carbocycles. The second-order valence-electron chi connectivity index (χ2n) is 3.39. The first-order valence-corrected chi connectivity index (χ1v) is 4.81. The van der Waals surface area contributed by atoms with Crippen molar-refractivity contribution in [2.24, 2.45) is 5.73 Å². The molecule has 5 heteroatoms. The number of amides is 2. The molecule has 1 aromatic carbocycles. The van der Waals surface area contributed by atoms with Crippen molar-refractivity contribution >= 4 is 11.8 Å². The number of benzene rings is 1. The van der Waals surface area contributed by atoms with E-state index in [0.29, 0.717) is 0 Å². The SMILES string of the molecule is N/C=C1\NC(=O)C(c2ccccc2)NC1=O. The molecule has 1 heterocycles. The molecule has 82 valence electrons. The molecule has 0 aromatic heterocycles. The fraction of sp³-hybridized carbons (Fsp3) is 0.0909. The molecule has 1 aliphatic heterocycles. The lowest BCUT2D eigenvalue weighted by Crippen LogP contribution is -2.49. The quantitative estimate of drug-likeness (QED) is 0.568. The summed E-state index contributed by atoms with van der Waals surface area (Å²) in [7, 11) is 0. The summed E-state index contributed by atoms with van der Waals surface area (Å²) in [6.07, 6.45) is 1.08. The van der Waals surface area contributed by atoms with Gasteiger partial charge in [-0.2, -0.15) is 0 Å². The first kappa shape index (κ1) is 10.2. The molecule has 1 aliphatic rings. The van der Waals surface area contributed by atoms with E-state index in [1.807, 2.05) is 18.2 Å². The number of carbonyl (C=O) groups excluding carboxylic acids is 2. The number of piperazine rings is 1. The van der Waals surface area contributed by atoms with E-state index in [1.165, 1.54) is 0 Å². The Bertz CT molecular complexity index is 454. The van der Waals surface area contributed by atoms with Crippen LogP contribution >= 0.6 is 0 Å². The van der Waals surface area contributed by atoms with Crippen molar-refractivity contribution < 1.29 is 9.59 Å². The maximum Gasteiger partial charge on any atom is 0.270 e. The van der Waals surface area contributed by atoms with Crippen molar-refractivity contribution in [1.82, 2.24) is 10.6 Å². The predicted molar refractivity (Wildman–Crippen MR) is 57.7 cm³/mol. The summed E-state index contributed by atoms with van der Waals surface area (Å²) in [4.78, 5) is 23.2. The Hall–Kier alpha value is -2.30. The van der Waals surface area contributed by atoms with E-state index in [4.69, 9.17) is 5.73 Å². The molecule has 1 saturated heterocycles. The summed E-state index contributed by atoms with van der Waals surface area (Å²) in [5, 5.41) is 5.03. The van der Waals surface area contributed by atoms with Crippen LogP contribution in [0.25, 0.3) is 0 Å². The van der Waals surface area contributed by atoms with Gasteiger partial charge >= 0.3 is 0 Å². The van der Waals surface area contributed by atoms with Crippen molar-refractivity contribution in [3.8, 4) is 0 Å². The van der Waals surface area contributed by atoms with Gasteiger partial charge in [0.1, 0.15) is 11.7 Å². The molecule has 2 rings (SSSR count). The largest absolute Gasteiger partial charge is 0.403 e. The lowest BCUT2D eigenvalue weighted by Gasteiger charge is -2.24. The molecule has 16 heavy (non-hydrogen) atoms. The van der Waals surface area contributed by atoms with E-state index >= 15 is 0 Å². The average molecular weight is 217 g/mol. The maximum atomic E-state index is 11.7. The molecule has 2 amide bonds.